The van der Waals surface area contributed by atoms with Gasteiger partial charge < -0.3 is 20.3 Å². The van der Waals surface area contributed by atoms with Crippen molar-refractivity contribution in [2.75, 3.05) is 13.7 Å². The molecule has 0 saturated carbocycles. The van der Waals surface area contributed by atoms with Crippen molar-refractivity contribution in [2.24, 2.45) is 0 Å². The molecular weight excluding hydrogens is 250 g/mol. The van der Waals surface area contributed by atoms with Crippen LogP contribution in [0.15, 0.2) is 24.3 Å². The van der Waals surface area contributed by atoms with E-state index in [1.807, 2.05) is 0 Å². The predicted octanol–water partition coefficient (Wildman–Crippen LogP) is 0.541. The average molecular weight is 267 g/mol. The number of benzene rings is 1. The summed E-state index contributed by atoms with van der Waals surface area (Å²) in [4.78, 5) is 22.6. The van der Waals surface area contributed by atoms with Crippen molar-refractivity contribution < 1.29 is 24.5 Å². The third kappa shape index (κ3) is 5.39. The average Bonchev–Trinajstić information content (AvgIpc) is 2.38. The molecule has 104 valence electrons. The fourth-order valence-electron chi connectivity index (χ4n) is 1.53. The lowest BCUT2D eigenvalue weighted by Crippen LogP contribution is -2.42. The maximum atomic E-state index is 11.5. The second-order valence-electron chi connectivity index (χ2n) is 4.07. The SMILES string of the molecule is COCCC(=O)N[C@@H](Cc1ccc(O)cc1)C(=O)O. The summed E-state index contributed by atoms with van der Waals surface area (Å²) >= 11 is 0. The molecule has 1 amide bonds. The Kier molecular flexibility index (Phi) is 5.81. The molecule has 0 saturated heterocycles. The van der Waals surface area contributed by atoms with Crippen LogP contribution in [-0.4, -0.2) is 41.8 Å². The van der Waals surface area contributed by atoms with Crippen molar-refractivity contribution in [3.8, 4) is 5.75 Å². The number of carboxylic acids is 1. The van der Waals surface area contributed by atoms with Crippen LogP contribution in [0.4, 0.5) is 0 Å². The number of carboxylic acid groups (broad SMARTS) is 1. The molecule has 0 spiro atoms. The number of aliphatic carboxylic acids is 1. The number of carbonyl (C=O) groups is 2. The molecule has 0 aliphatic carbocycles. The molecule has 0 heterocycles. The lowest BCUT2D eigenvalue weighted by Gasteiger charge is -2.14. The predicted molar refractivity (Wildman–Crippen MR) is 67.9 cm³/mol. The van der Waals surface area contributed by atoms with E-state index in [0.29, 0.717) is 0 Å². The molecule has 1 aromatic carbocycles. The highest BCUT2D eigenvalue weighted by Gasteiger charge is 2.20. The van der Waals surface area contributed by atoms with Gasteiger partial charge in [0.25, 0.3) is 0 Å². The third-order valence-electron chi connectivity index (χ3n) is 2.54. The topological polar surface area (TPSA) is 95.9 Å². The largest absolute Gasteiger partial charge is 0.508 e. The summed E-state index contributed by atoms with van der Waals surface area (Å²) in [6.45, 7) is 0.247. The number of ether oxygens (including phenoxy) is 1. The number of methoxy groups -OCH3 is 1. The highest BCUT2D eigenvalue weighted by atomic mass is 16.5. The molecule has 1 aromatic rings. The third-order valence-corrected chi connectivity index (χ3v) is 2.54. The van der Waals surface area contributed by atoms with Crippen molar-refractivity contribution >= 4 is 11.9 Å². The van der Waals surface area contributed by atoms with E-state index in [1.165, 1.54) is 19.2 Å². The van der Waals surface area contributed by atoms with Crippen LogP contribution in [0.2, 0.25) is 0 Å². The van der Waals surface area contributed by atoms with Gasteiger partial charge in [0.15, 0.2) is 0 Å². The van der Waals surface area contributed by atoms with Crippen molar-refractivity contribution in [2.45, 2.75) is 18.9 Å². The number of phenolic OH excluding ortho intramolecular Hbond substituents is 1. The Morgan fingerprint density at radius 1 is 1.32 bits per heavy atom. The molecule has 1 rings (SSSR count). The highest BCUT2D eigenvalue weighted by Crippen LogP contribution is 2.11. The molecule has 1 atom stereocenters. The standard InChI is InChI=1S/C13H17NO5/c1-19-7-6-12(16)14-11(13(17)18)8-9-2-4-10(15)5-3-9/h2-5,11,15H,6-8H2,1H3,(H,14,16)(H,17,18)/t11-/m0/s1. The van der Waals surface area contributed by atoms with Gasteiger partial charge in [-0.3, -0.25) is 4.79 Å². The van der Waals surface area contributed by atoms with E-state index in [2.05, 4.69) is 5.32 Å². The molecule has 0 aliphatic rings. The quantitative estimate of drug-likeness (QED) is 0.670. The van der Waals surface area contributed by atoms with Gasteiger partial charge in [-0.2, -0.15) is 0 Å². The number of aromatic hydroxyl groups is 1. The van der Waals surface area contributed by atoms with Gasteiger partial charge in [-0.15, -0.1) is 0 Å². The minimum atomic E-state index is -1.10. The molecule has 0 bridgehead atoms. The van der Waals surface area contributed by atoms with E-state index in [-0.39, 0.29) is 31.1 Å². The Hall–Kier alpha value is -2.08. The number of hydrogen-bond donors (Lipinski definition) is 3. The summed E-state index contributed by atoms with van der Waals surface area (Å²) in [6, 6.07) is 5.19. The Bertz CT molecular complexity index is 429. The molecule has 6 nitrogen and oxygen atoms in total. The van der Waals surface area contributed by atoms with Crippen LogP contribution in [0.25, 0.3) is 0 Å². The molecular formula is C13H17NO5. The summed E-state index contributed by atoms with van der Waals surface area (Å²) in [5, 5.41) is 20.6. The maximum Gasteiger partial charge on any atom is 0.326 e. The number of nitrogens with one attached hydrogen (secondary N) is 1. The smallest absolute Gasteiger partial charge is 0.326 e. The summed E-state index contributed by atoms with van der Waals surface area (Å²) in [6.07, 6.45) is 0.282. The van der Waals surface area contributed by atoms with Crippen LogP contribution in [0.3, 0.4) is 0 Å². The monoisotopic (exact) mass is 267 g/mol. The van der Waals surface area contributed by atoms with E-state index in [0.717, 1.165) is 5.56 Å². The number of phenols is 1. The van der Waals surface area contributed by atoms with Gasteiger partial charge in [0.1, 0.15) is 11.8 Å². The first-order valence-corrected chi connectivity index (χ1v) is 5.82. The van der Waals surface area contributed by atoms with E-state index in [9.17, 15) is 9.59 Å². The second kappa shape index (κ2) is 7.38. The van der Waals surface area contributed by atoms with Gasteiger partial charge in [0.05, 0.1) is 6.61 Å². The number of carbonyl (C=O) groups excluding carboxylic acids is 1. The first kappa shape index (κ1) is 15.0. The minimum Gasteiger partial charge on any atom is -0.508 e. The van der Waals surface area contributed by atoms with E-state index < -0.39 is 12.0 Å². The molecule has 19 heavy (non-hydrogen) atoms. The van der Waals surface area contributed by atoms with Crippen molar-refractivity contribution in [3.63, 3.8) is 0 Å². The van der Waals surface area contributed by atoms with Crippen LogP contribution >= 0.6 is 0 Å². The number of amides is 1. The summed E-state index contributed by atoms with van der Waals surface area (Å²) in [5.41, 5.74) is 0.720. The second-order valence-corrected chi connectivity index (χ2v) is 4.07. The molecule has 0 aliphatic heterocycles. The van der Waals surface area contributed by atoms with E-state index in [4.69, 9.17) is 14.9 Å². The fraction of sp³-hybridized carbons (Fsp3) is 0.385. The van der Waals surface area contributed by atoms with Crippen LogP contribution < -0.4 is 5.32 Å². The number of hydrogen-bond acceptors (Lipinski definition) is 4. The first-order chi connectivity index (χ1) is 9.02. The molecule has 3 N–H and O–H groups in total. The maximum absolute atomic E-state index is 11.5. The van der Waals surface area contributed by atoms with E-state index in [1.54, 1.807) is 12.1 Å². The van der Waals surface area contributed by atoms with Crippen LogP contribution in [-0.2, 0) is 20.7 Å². The Balaban J connectivity index is 2.60. The fourth-order valence-corrected chi connectivity index (χ4v) is 1.53. The van der Waals surface area contributed by atoms with Gasteiger partial charge in [0, 0.05) is 20.0 Å². The van der Waals surface area contributed by atoms with Crippen molar-refractivity contribution in [1.29, 1.82) is 0 Å². The molecule has 0 unspecified atom stereocenters. The lowest BCUT2D eigenvalue weighted by molar-refractivity contribution is -0.141. The Morgan fingerprint density at radius 2 is 1.95 bits per heavy atom. The lowest BCUT2D eigenvalue weighted by atomic mass is 10.1. The van der Waals surface area contributed by atoms with Crippen LogP contribution in [0.1, 0.15) is 12.0 Å². The molecule has 6 heteroatoms. The summed E-state index contributed by atoms with van der Waals surface area (Å²) in [5.74, 6) is -1.35. The summed E-state index contributed by atoms with van der Waals surface area (Å²) in [7, 11) is 1.47. The van der Waals surface area contributed by atoms with Crippen LogP contribution in [0.5, 0.6) is 5.75 Å². The van der Waals surface area contributed by atoms with Crippen molar-refractivity contribution in [3.05, 3.63) is 29.8 Å². The first-order valence-electron chi connectivity index (χ1n) is 5.82. The van der Waals surface area contributed by atoms with Crippen molar-refractivity contribution in [1.82, 2.24) is 5.32 Å². The Labute approximate surface area is 111 Å². The minimum absolute atomic E-state index is 0.111. The zero-order chi connectivity index (χ0) is 14.3. The molecule has 0 fully saturated rings. The zero-order valence-corrected chi connectivity index (χ0v) is 10.6. The van der Waals surface area contributed by atoms with E-state index >= 15 is 0 Å². The highest BCUT2D eigenvalue weighted by molar-refractivity contribution is 5.83. The zero-order valence-electron chi connectivity index (χ0n) is 10.6. The molecule has 0 aromatic heterocycles. The van der Waals surface area contributed by atoms with Gasteiger partial charge >= 0.3 is 5.97 Å². The molecule has 0 radical (unpaired) electrons. The van der Waals surface area contributed by atoms with Gasteiger partial charge in [-0.1, -0.05) is 12.1 Å². The normalized spacial score (nSPS) is 11.8. The van der Waals surface area contributed by atoms with Gasteiger partial charge in [-0.25, -0.2) is 4.79 Å². The number of rotatable bonds is 7. The van der Waals surface area contributed by atoms with Crippen LogP contribution in [0, 0.1) is 0 Å². The van der Waals surface area contributed by atoms with Gasteiger partial charge in [-0.05, 0) is 17.7 Å². The summed E-state index contributed by atoms with van der Waals surface area (Å²) < 4.78 is 4.75. The van der Waals surface area contributed by atoms with Gasteiger partial charge in [0.2, 0.25) is 5.91 Å². The Morgan fingerprint density at radius 3 is 2.47 bits per heavy atom.